The Balaban J connectivity index is 2.28. The molecule has 0 spiro atoms. The van der Waals surface area contributed by atoms with E-state index in [2.05, 4.69) is 0 Å². The second-order valence-corrected chi connectivity index (χ2v) is 4.34. The maximum Gasteiger partial charge on any atom is 0.170 e. The average molecular weight is 285 g/mol. The van der Waals surface area contributed by atoms with Gasteiger partial charge >= 0.3 is 0 Å². The summed E-state index contributed by atoms with van der Waals surface area (Å²) in [6.45, 7) is 0. The number of carbonyl (C=O) groups is 1. The van der Waals surface area contributed by atoms with Crippen LogP contribution in [0.1, 0.15) is 15.9 Å². The zero-order chi connectivity index (χ0) is 14.0. The SMILES string of the molecule is O=C(Cc1ccc(F)cc1Cl)c1cccc(F)c1F. The molecule has 0 saturated heterocycles. The lowest BCUT2D eigenvalue weighted by molar-refractivity contribution is 0.0988. The van der Waals surface area contributed by atoms with Crippen LogP contribution in [-0.4, -0.2) is 5.78 Å². The highest BCUT2D eigenvalue weighted by atomic mass is 35.5. The Kier molecular flexibility index (Phi) is 3.90. The van der Waals surface area contributed by atoms with E-state index in [0.29, 0.717) is 5.56 Å². The number of hydrogen-bond acceptors (Lipinski definition) is 1. The summed E-state index contributed by atoms with van der Waals surface area (Å²) < 4.78 is 39.3. The van der Waals surface area contributed by atoms with Crippen molar-refractivity contribution >= 4 is 17.4 Å². The third kappa shape index (κ3) is 2.96. The summed E-state index contributed by atoms with van der Waals surface area (Å²) in [5.41, 5.74) is 0.0112. The molecule has 0 N–H and O–H groups in total. The summed E-state index contributed by atoms with van der Waals surface area (Å²) in [4.78, 5) is 11.9. The molecule has 0 bridgehead atoms. The van der Waals surface area contributed by atoms with E-state index < -0.39 is 23.2 Å². The van der Waals surface area contributed by atoms with E-state index in [-0.39, 0.29) is 17.0 Å². The van der Waals surface area contributed by atoms with Crippen molar-refractivity contribution in [2.45, 2.75) is 6.42 Å². The highest BCUT2D eigenvalue weighted by Crippen LogP contribution is 2.20. The van der Waals surface area contributed by atoms with Crippen LogP contribution < -0.4 is 0 Å². The zero-order valence-corrected chi connectivity index (χ0v) is 10.3. The molecule has 0 aliphatic carbocycles. The molecular weight excluding hydrogens is 277 g/mol. The van der Waals surface area contributed by atoms with E-state index in [1.807, 2.05) is 0 Å². The molecule has 0 aliphatic heterocycles. The fraction of sp³-hybridized carbons (Fsp3) is 0.0714. The Labute approximate surface area is 112 Å². The molecule has 19 heavy (non-hydrogen) atoms. The van der Waals surface area contributed by atoms with Crippen molar-refractivity contribution in [1.82, 2.24) is 0 Å². The van der Waals surface area contributed by atoms with Crippen molar-refractivity contribution in [3.8, 4) is 0 Å². The minimum atomic E-state index is -1.19. The van der Waals surface area contributed by atoms with Gasteiger partial charge in [0.05, 0.1) is 5.56 Å². The van der Waals surface area contributed by atoms with E-state index in [9.17, 15) is 18.0 Å². The molecule has 0 unspecified atom stereocenters. The third-order valence-corrected chi connectivity index (χ3v) is 2.97. The number of carbonyl (C=O) groups excluding carboxylic acids is 1. The van der Waals surface area contributed by atoms with Gasteiger partial charge < -0.3 is 0 Å². The van der Waals surface area contributed by atoms with E-state index in [1.165, 1.54) is 18.2 Å². The normalized spacial score (nSPS) is 10.5. The van der Waals surface area contributed by atoms with Crippen molar-refractivity contribution in [2.75, 3.05) is 0 Å². The summed E-state index contributed by atoms with van der Waals surface area (Å²) in [5, 5.41) is 0.0742. The Morgan fingerprint density at radius 3 is 2.53 bits per heavy atom. The van der Waals surface area contributed by atoms with Gasteiger partial charge in [0.25, 0.3) is 0 Å². The predicted octanol–water partition coefficient (Wildman–Crippen LogP) is 4.18. The lowest BCUT2D eigenvalue weighted by atomic mass is 10.0. The van der Waals surface area contributed by atoms with Crippen LogP contribution in [0.15, 0.2) is 36.4 Å². The van der Waals surface area contributed by atoms with Crippen LogP contribution >= 0.6 is 11.6 Å². The number of halogens is 4. The Hall–Kier alpha value is -1.81. The van der Waals surface area contributed by atoms with E-state index in [0.717, 1.165) is 18.2 Å². The fourth-order valence-corrected chi connectivity index (χ4v) is 1.89. The summed E-state index contributed by atoms with van der Waals surface area (Å²) in [6, 6.07) is 6.92. The molecule has 0 fully saturated rings. The molecule has 0 atom stereocenters. The summed E-state index contributed by atoms with van der Waals surface area (Å²) in [6.07, 6.45) is -0.223. The minimum Gasteiger partial charge on any atom is -0.294 e. The van der Waals surface area contributed by atoms with Crippen molar-refractivity contribution in [2.24, 2.45) is 0 Å². The maximum absolute atomic E-state index is 13.4. The van der Waals surface area contributed by atoms with Gasteiger partial charge in [-0.05, 0) is 29.8 Å². The van der Waals surface area contributed by atoms with Gasteiger partial charge in [-0.2, -0.15) is 0 Å². The second kappa shape index (κ2) is 5.45. The Bertz CT molecular complexity index is 641. The van der Waals surface area contributed by atoms with Crippen LogP contribution in [0.5, 0.6) is 0 Å². The van der Waals surface area contributed by atoms with Crippen molar-refractivity contribution in [3.63, 3.8) is 0 Å². The third-order valence-electron chi connectivity index (χ3n) is 2.62. The highest BCUT2D eigenvalue weighted by molar-refractivity contribution is 6.31. The monoisotopic (exact) mass is 284 g/mol. The fourth-order valence-electron chi connectivity index (χ4n) is 1.65. The first-order chi connectivity index (χ1) is 8.99. The number of ketones is 1. The Morgan fingerprint density at radius 1 is 1.11 bits per heavy atom. The van der Waals surface area contributed by atoms with Crippen molar-refractivity contribution < 1.29 is 18.0 Å². The summed E-state index contributed by atoms with van der Waals surface area (Å²) in [5.74, 6) is -3.43. The van der Waals surface area contributed by atoms with Crippen LogP contribution in [0.4, 0.5) is 13.2 Å². The van der Waals surface area contributed by atoms with Crippen LogP contribution in [-0.2, 0) is 6.42 Å². The van der Waals surface area contributed by atoms with Gasteiger partial charge in [0, 0.05) is 11.4 Å². The predicted molar refractivity (Wildman–Crippen MR) is 65.8 cm³/mol. The molecule has 1 nitrogen and oxygen atoms in total. The molecular formula is C14H8ClF3O. The molecule has 2 aromatic rings. The second-order valence-electron chi connectivity index (χ2n) is 3.94. The number of Topliss-reactive ketones (excluding diaryl/α,β-unsaturated/α-hetero) is 1. The van der Waals surface area contributed by atoms with Gasteiger partial charge in [-0.1, -0.05) is 23.7 Å². The number of benzene rings is 2. The van der Waals surface area contributed by atoms with Crippen LogP contribution in [0.2, 0.25) is 5.02 Å². The molecule has 98 valence electrons. The Morgan fingerprint density at radius 2 is 1.84 bits per heavy atom. The standard InChI is InChI=1S/C14H8ClF3O/c15-11-7-9(16)5-4-8(11)6-13(19)10-2-1-3-12(17)14(10)18/h1-5,7H,6H2. The summed E-state index contributed by atoms with van der Waals surface area (Å²) >= 11 is 5.77. The quantitative estimate of drug-likeness (QED) is 0.773. The van der Waals surface area contributed by atoms with Crippen LogP contribution in [0, 0.1) is 17.5 Å². The van der Waals surface area contributed by atoms with Gasteiger partial charge in [-0.25, -0.2) is 13.2 Å². The van der Waals surface area contributed by atoms with Gasteiger partial charge in [0.1, 0.15) is 5.82 Å². The lowest BCUT2D eigenvalue weighted by Crippen LogP contribution is -2.08. The number of hydrogen-bond donors (Lipinski definition) is 0. The maximum atomic E-state index is 13.4. The zero-order valence-electron chi connectivity index (χ0n) is 9.59. The first-order valence-electron chi connectivity index (χ1n) is 5.40. The van der Waals surface area contributed by atoms with Gasteiger partial charge in [-0.3, -0.25) is 4.79 Å². The largest absolute Gasteiger partial charge is 0.294 e. The molecule has 0 amide bonds. The van der Waals surface area contributed by atoms with Crippen LogP contribution in [0.3, 0.4) is 0 Å². The molecule has 0 saturated carbocycles. The average Bonchev–Trinajstić information content (AvgIpc) is 2.36. The van der Waals surface area contributed by atoms with Crippen LogP contribution in [0.25, 0.3) is 0 Å². The molecule has 2 rings (SSSR count). The highest BCUT2D eigenvalue weighted by Gasteiger charge is 2.16. The topological polar surface area (TPSA) is 17.1 Å². The summed E-state index contributed by atoms with van der Waals surface area (Å²) in [7, 11) is 0. The van der Waals surface area contributed by atoms with Gasteiger partial charge in [0.2, 0.25) is 0 Å². The van der Waals surface area contributed by atoms with E-state index in [1.54, 1.807) is 0 Å². The first-order valence-corrected chi connectivity index (χ1v) is 5.78. The lowest BCUT2D eigenvalue weighted by Gasteiger charge is -2.05. The van der Waals surface area contributed by atoms with Crippen molar-refractivity contribution in [1.29, 1.82) is 0 Å². The number of rotatable bonds is 3. The molecule has 0 heterocycles. The molecule has 5 heteroatoms. The molecule has 0 aliphatic rings. The minimum absolute atomic E-state index is 0.0742. The first kappa shape index (κ1) is 13.6. The van der Waals surface area contributed by atoms with Crippen molar-refractivity contribution in [3.05, 3.63) is 70.0 Å². The smallest absolute Gasteiger partial charge is 0.170 e. The van der Waals surface area contributed by atoms with Gasteiger partial charge in [0.15, 0.2) is 17.4 Å². The van der Waals surface area contributed by atoms with E-state index in [4.69, 9.17) is 11.6 Å². The molecule has 0 aromatic heterocycles. The van der Waals surface area contributed by atoms with E-state index >= 15 is 0 Å². The molecule has 2 aromatic carbocycles. The molecule has 0 radical (unpaired) electrons. The van der Waals surface area contributed by atoms with Gasteiger partial charge in [-0.15, -0.1) is 0 Å².